The first-order chi connectivity index (χ1) is 10.6. The van der Waals surface area contributed by atoms with Crippen molar-refractivity contribution in [2.24, 2.45) is 0 Å². The lowest BCUT2D eigenvalue weighted by Gasteiger charge is -2.44. The summed E-state index contributed by atoms with van der Waals surface area (Å²) in [7, 11) is 0. The summed E-state index contributed by atoms with van der Waals surface area (Å²) in [5.74, 6) is 2.57. The first-order valence-corrected chi connectivity index (χ1v) is 7.68. The molecule has 2 rings (SSSR count). The molecule has 0 bridgehead atoms. The molecule has 0 aliphatic heterocycles. The van der Waals surface area contributed by atoms with Crippen LogP contribution in [0, 0.1) is 12.3 Å². The average molecular weight is 297 g/mol. The number of nitrogens with zero attached hydrogens (tertiary/aromatic N) is 1. The molecule has 116 valence electrons. The standard InChI is InChI=1S/C19H23NO2/c1-4-14-20(19(3)13-9-8-10-16(19)2)18(21)22-15-17-11-6-5-7-12-17/h1,5-7,11-12H,2,8-10,13-15H2,3H3/t19-/m0/s1. The van der Waals surface area contributed by atoms with E-state index < -0.39 is 5.54 Å². The van der Waals surface area contributed by atoms with Crippen LogP contribution in [0.25, 0.3) is 0 Å². The molecule has 1 aromatic rings. The number of rotatable bonds is 4. The molecule has 1 fully saturated rings. The van der Waals surface area contributed by atoms with Gasteiger partial charge in [-0.25, -0.2) is 4.79 Å². The fourth-order valence-electron chi connectivity index (χ4n) is 2.91. The van der Waals surface area contributed by atoms with E-state index in [4.69, 9.17) is 11.2 Å². The summed E-state index contributed by atoms with van der Waals surface area (Å²) < 4.78 is 5.46. The number of benzene rings is 1. The molecular formula is C19H23NO2. The predicted octanol–water partition coefficient (Wildman–Crippen LogP) is 4.15. The molecule has 1 amide bonds. The molecule has 0 unspecified atom stereocenters. The molecule has 3 nitrogen and oxygen atoms in total. The Morgan fingerprint density at radius 3 is 2.77 bits per heavy atom. The highest BCUT2D eigenvalue weighted by Gasteiger charge is 2.39. The summed E-state index contributed by atoms with van der Waals surface area (Å²) in [6, 6.07) is 9.64. The Hall–Kier alpha value is -2.21. The molecule has 0 radical (unpaired) electrons. The molecule has 0 spiro atoms. The summed E-state index contributed by atoms with van der Waals surface area (Å²) >= 11 is 0. The van der Waals surface area contributed by atoms with Crippen LogP contribution in [0.15, 0.2) is 42.5 Å². The van der Waals surface area contributed by atoms with Crippen LogP contribution in [0.2, 0.25) is 0 Å². The molecule has 0 aromatic heterocycles. The van der Waals surface area contributed by atoms with Crippen molar-refractivity contribution in [2.75, 3.05) is 6.54 Å². The van der Waals surface area contributed by atoms with Crippen molar-refractivity contribution in [3.8, 4) is 12.3 Å². The summed E-state index contributed by atoms with van der Waals surface area (Å²) in [6.07, 6.45) is 9.10. The number of terminal acetylenes is 1. The van der Waals surface area contributed by atoms with Gasteiger partial charge in [0.25, 0.3) is 0 Å². The lowest BCUT2D eigenvalue weighted by Crippen LogP contribution is -2.52. The normalized spacial score (nSPS) is 21.0. The summed E-state index contributed by atoms with van der Waals surface area (Å²) in [4.78, 5) is 14.2. The van der Waals surface area contributed by atoms with Gasteiger partial charge in [-0.2, -0.15) is 0 Å². The molecular weight excluding hydrogens is 274 g/mol. The summed E-state index contributed by atoms with van der Waals surface area (Å²) in [6.45, 7) is 6.68. The highest BCUT2D eigenvalue weighted by atomic mass is 16.6. The van der Waals surface area contributed by atoms with E-state index >= 15 is 0 Å². The maximum Gasteiger partial charge on any atom is 0.411 e. The number of hydrogen-bond acceptors (Lipinski definition) is 2. The van der Waals surface area contributed by atoms with E-state index in [0.29, 0.717) is 0 Å². The van der Waals surface area contributed by atoms with E-state index in [1.807, 2.05) is 37.3 Å². The number of hydrogen-bond donors (Lipinski definition) is 0. The SMILES string of the molecule is C#CCN(C(=O)OCc1ccccc1)[C@@]1(C)CCCCC1=C. The van der Waals surface area contributed by atoms with Crippen LogP contribution in [0.1, 0.15) is 38.2 Å². The predicted molar refractivity (Wildman–Crippen MR) is 88.2 cm³/mol. The van der Waals surface area contributed by atoms with Gasteiger partial charge in [0, 0.05) is 0 Å². The summed E-state index contributed by atoms with van der Waals surface area (Å²) in [5.41, 5.74) is 1.62. The Labute approximate surface area is 133 Å². The number of amides is 1. The maximum absolute atomic E-state index is 12.5. The molecule has 1 aliphatic carbocycles. The second-order valence-corrected chi connectivity index (χ2v) is 5.91. The van der Waals surface area contributed by atoms with Crippen LogP contribution in [0.4, 0.5) is 4.79 Å². The van der Waals surface area contributed by atoms with Gasteiger partial charge in [-0.15, -0.1) is 6.42 Å². The Kier molecular flexibility index (Phi) is 5.27. The minimum absolute atomic E-state index is 0.239. The highest BCUT2D eigenvalue weighted by Crippen LogP contribution is 2.37. The highest BCUT2D eigenvalue weighted by molar-refractivity contribution is 5.70. The van der Waals surface area contributed by atoms with Crippen LogP contribution in [-0.4, -0.2) is 23.1 Å². The van der Waals surface area contributed by atoms with Crippen molar-refractivity contribution in [1.82, 2.24) is 4.90 Å². The third-order valence-corrected chi connectivity index (χ3v) is 4.42. The average Bonchev–Trinajstić information content (AvgIpc) is 2.54. The Morgan fingerprint density at radius 2 is 2.14 bits per heavy atom. The van der Waals surface area contributed by atoms with E-state index in [2.05, 4.69) is 12.5 Å². The molecule has 0 saturated heterocycles. The maximum atomic E-state index is 12.5. The second kappa shape index (κ2) is 7.17. The van der Waals surface area contributed by atoms with Crippen molar-refractivity contribution in [3.05, 3.63) is 48.0 Å². The molecule has 0 heterocycles. The molecule has 22 heavy (non-hydrogen) atoms. The largest absolute Gasteiger partial charge is 0.445 e. The van der Waals surface area contributed by atoms with Gasteiger partial charge in [-0.05, 0) is 31.7 Å². The first-order valence-electron chi connectivity index (χ1n) is 7.68. The monoisotopic (exact) mass is 297 g/mol. The minimum Gasteiger partial charge on any atom is -0.445 e. The van der Waals surface area contributed by atoms with Crippen LogP contribution in [0.3, 0.4) is 0 Å². The molecule has 1 saturated carbocycles. The van der Waals surface area contributed by atoms with Gasteiger partial charge in [0.15, 0.2) is 0 Å². The van der Waals surface area contributed by atoms with Crippen molar-refractivity contribution in [3.63, 3.8) is 0 Å². The lowest BCUT2D eigenvalue weighted by atomic mass is 9.78. The van der Waals surface area contributed by atoms with Crippen molar-refractivity contribution in [1.29, 1.82) is 0 Å². The zero-order valence-electron chi connectivity index (χ0n) is 13.2. The van der Waals surface area contributed by atoms with Crippen LogP contribution < -0.4 is 0 Å². The number of carbonyl (C=O) groups excluding carboxylic acids is 1. The van der Waals surface area contributed by atoms with Crippen molar-refractivity contribution >= 4 is 6.09 Å². The quantitative estimate of drug-likeness (QED) is 0.617. The topological polar surface area (TPSA) is 29.5 Å². The van der Waals surface area contributed by atoms with E-state index in [-0.39, 0.29) is 19.2 Å². The van der Waals surface area contributed by atoms with Crippen molar-refractivity contribution in [2.45, 2.75) is 44.8 Å². The Morgan fingerprint density at radius 1 is 1.41 bits per heavy atom. The zero-order chi connectivity index (χ0) is 16.0. The molecule has 1 atom stereocenters. The molecule has 3 heteroatoms. The zero-order valence-corrected chi connectivity index (χ0v) is 13.2. The van der Waals surface area contributed by atoms with Crippen LogP contribution >= 0.6 is 0 Å². The Balaban J connectivity index is 2.08. The number of ether oxygens (including phenoxy) is 1. The van der Waals surface area contributed by atoms with Gasteiger partial charge < -0.3 is 4.74 Å². The Bertz CT molecular complexity index is 573. The van der Waals surface area contributed by atoms with Gasteiger partial charge in [0.05, 0.1) is 12.1 Å². The van der Waals surface area contributed by atoms with E-state index in [1.165, 1.54) is 0 Å². The van der Waals surface area contributed by atoms with E-state index in [9.17, 15) is 4.79 Å². The fourth-order valence-corrected chi connectivity index (χ4v) is 2.91. The van der Waals surface area contributed by atoms with Gasteiger partial charge in [0.2, 0.25) is 0 Å². The van der Waals surface area contributed by atoms with Crippen molar-refractivity contribution < 1.29 is 9.53 Å². The van der Waals surface area contributed by atoms with Gasteiger partial charge in [-0.1, -0.05) is 54.8 Å². The van der Waals surface area contributed by atoms with E-state index in [0.717, 1.165) is 36.8 Å². The summed E-state index contributed by atoms with van der Waals surface area (Å²) in [5, 5.41) is 0. The third-order valence-electron chi connectivity index (χ3n) is 4.42. The van der Waals surface area contributed by atoms with Gasteiger partial charge in [-0.3, -0.25) is 4.90 Å². The van der Waals surface area contributed by atoms with Gasteiger partial charge in [0.1, 0.15) is 6.61 Å². The first kappa shape index (κ1) is 16.2. The molecule has 1 aromatic carbocycles. The van der Waals surface area contributed by atoms with Crippen LogP contribution in [-0.2, 0) is 11.3 Å². The minimum atomic E-state index is -0.404. The van der Waals surface area contributed by atoms with Crippen LogP contribution in [0.5, 0.6) is 0 Å². The van der Waals surface area contributed by atoms with Gasteiger partial charge >= 0.3 is 6.09 Å². The lowest BCUT2D eigenvalue weighted by molar-refractivity contribution is 0.0613. The third kappa shape index (κ3) is 3.51. The smallest absolute Gasteiger partial charge is 0.411 e. The molecule has 0 N–H and O–H groups in total. The fraction of sp³-hybridized carbons (Fsp3) is 0.421. The molecule has 1 aliphatic rings. The second-order valence-electron chi connectivity index (χ2n) is 5.91. The van der Waals surface area contributed by atoms with E-state index in [1.54, 1.807) is 4.90 Å². The number of carbonyl (C=O) groups is 1.